The summed E-state index contributed by atoms with van der Waals surface area (Å²) in [5.41, 5.74) is 0.506. The summed E-state index contributed by atoms with van der Waals surface area (Å²) < 4.78 is 0. The molecule has 1 aliphatic carbocycles. The second kappa shape index (κ2) is 2.80. The third-order valence-corrected chi connectivity index (χ3v) is 2.89. The Bertz CT molecular complexity index is 331. The molecule has 1 aliphatic heterocycles. The predicted molar refractivity (Wildman–Crippen MR) is 48.7 cm³/mol. The van der Waals surface area contributed by atoms with Crippen LogP contribution in [0.3, 0.4) is 0 Å². The second-order valence-electron chi connectivity index (χ2n) is 3.84. The first-order valence-corrected chi connectivity index (χ1v) is 4.66. The molecule has 1 heterocycles. The van der Waals surface area contributed by atoms with Crippen molar-refractivity contribution in [3.05, 3.63) is 0 Å². The van der Waals surface area contributed by atoms with Gasteiger partial charge in [-0.15, -0.1) is 0 Å². The van der Waals surface area contributed by atoms with E-state index in [9.17, 15) is 9.59 Å². The minimum absolute atomic E-state index is 0.0174. The highest BCUT2D eigenvalue weighted by Gasteiger charge is 2.57. The summed E-state index contributed by atoms with van der Waals surface area (Å²) in [5.74, 6) is -0.918. The molecule has 1 fully saturated rings. The fraction of sp³-hybridized carbons (Fsp3) is 0.667. The van der Waals surface area contributed by atoms with Gasteiger partial charge in [0, 0.05) is 0 Å². The maximum atomic E-state index is 11.7. The molecule has 1 amide bonds. The van der Waals surface area contributed by atoms with E-state index in [1.54, 1.807) is 0 Å². The average Bonchev–Trinajstić information content (AvgIpc) is 2.86. The van der Waals surface area contributed by atoms with Gasteiger partial charge in [-0.3, -0.25) is 9.59 Å². The summed E-state index contributed by atoms with van der Waals surface area (Å²) in [5, 5.41) is 13.9. The van der Waals surface area contributed by atoms with Crippen LogP contribution in [0, 0.1) is 5.41 Å². The zero-order chi connectivity index (χ0) is 10.3. The fourth-order valence-corrected chi connectivity index (χ4v) is 1.78. The lowest BCUT2D eigenvalue weighted by Crippen LogP contribution is -2.30. The van der Waals surface area contributed by atoms with Gasteiger partial charge in [0.2, 0.25) is 0 Å². The van der Waals surface area contributed by atoms with Crippen LogP contribution in [0.2, 0.25) is 0 Å². The number of amides is 1. The molecule has 2 rings (SSSR count). The van der Waals surface area contributed by atoms with Gasteiger partial charge in [-0.2, -0.15) is 5.10 Å². The third kappa shape index (κ3) is 1.20. The molecule has 0 aromatic heterocycles. The lowest BCUT2D eigenvalue weighted by Gasteiger charge is -2.11. The SMILES string of the molecule is CC1=NN(CCC(=O)O)C(=O)C12CC2. The number of hydrogen-bond donors (Lipinski definition) is 1. The zero-order valence-electron chi connectivity index (χ0n) is 7.99. The van der Waals surface area contributed by atoms with Crippen LogP contribution in [0.25, 0.3) is 0 Å². The van der Waals surface area contributed by atoms with Crippen molar-refractivity contribution < 1.29 is 14.7 Å². The lowest BCUT2D eigenvalue weighted by atomic mass is 10.0. The minimum Gasteiger partial charge on any atom is -0.481 e. The summed E-state index contributed by atoms with van der Waals surface area (Å²) in [4.78, 5) is 22.1. The Kier molecular flexibility index (Phi) is 1.83. The van der Waals surface area contributed by atoms with E-state index in [4.69, 9.17) is 5.11 Å². The molecule has 0 aromatic rings. The first-order chi connectivity index (χ1) is 6.56. The fourth-order valence-electron chi connectivity index (χ4n) is 1.78. The predicted octanol–water partition coefficient (Wildman–Crippen LogP) is 0.459. The van der Waals surface area contributed by atoms with Crippen LogP contribution in [-0.2, 0) is 9.59 Å². The quantitative estimate of drug-likeness (QED) is 0.712. The Hall–Kier alpha value is -1.39. The Morgan fingerprint density at radius 2 is 2.29 bits per heavy atom. The Labute approximate surface area is 81.4 Å². The topological polar surface area (TPSA) is 70.0 Å². The molecule has 0 aromatic carbocycles. The van der Waals surface area contributed by atoms with E-state index in [0.29, 0.717) is 0 Å². The van der Waals surface area contributed by atoms with Gasteiger partial charge in [0.05, 0.1) is 24.1 Å². The highest BCUT2D eigenvalue weighted by Crippen LogP contribution is 2.51. The van der Waals surface area contributed by atoms with Crippen molar-refractivity contribution in [2.75, 3.05) is 6.54 Å². The van der Waals surface area contributed by atoms with Gasteiger partial charge in [0.15, 0.2) is 0 Å². The van der Waals surface area contributed by atoms with Crippen molar-refractivity contribution in [2.45, 2.75) is 26.2 Å². The van der Waals surface area contributed by atoms with Crippen LogP contribution < -0.4 is 0 Å². The monoisotopic (exact) mass is 196 g/mol. The molecule has 0 radical (unpaired) electrons. The number of hydrogen-bond acceptors (Lipinski definition) is 3. The van der Waals surface area contributed by atoms with Crippen molar-refractivity contribution in [1.82, 2.24) is 5.01 Å². The molecule has 0 atom stereocenters. The van der Waals surface area contributed by atoms with Crippen LogP contribution in [0.5, 0.6) is 0 Å². The molecule has 76 valence electrons. The standard InChI is InChI=1S/C9H12N2O3/c1-6-9(3-4-9)8(14)11(10-6)5-2-7(12)13/h2-5H2,1H3,(H,12,13). The van der Waals surface area contributed by atoms with Gasteiger partial charge in [-0.05, 0) is 19.8 Å². The molecule has 1 saturated carbocycles. The van der Waals surface area contributed by atoms with Crippen molar-refractivity contribution in [3.8, 4) is 0 Å². The number of carboxylic acid groups (broad SMARTS) is 1. The van der Waals surface area contributed by atoms with Gasteiger partial charge in [0.25, 0.3) is 5.91 Å². The summed E-state index contributed by atoms with van der Waals surface area (Å²) in [6, 6.07) is 0. The molecule has 5 heteroatoms. The number of nitrogens with zero attached hydrogens (tertiary/aromatic N) is 2. The van der Waals surface area contributed by atoms with E-state index in [-0.39, 0.29) is 24.3 Å². The summed E-state index contributed by atoms with van der Waals surface area (Å²) in [6.45, 7) is 2.03. The van der Waals surface area contributed by atoms with Crippen molar-refractivity contribution in [2.24, 2.45) is 10.5 Å². The molecular formula is C9H12N2O3. The molecular weight excluding hydrogens is 184 g/mol. The van der Waals surface area contributed by atoms with E-state index in [1.165, 1.54) is 5.01 Å². The number of carbonyl (C=O) groups excluding carboxylic acids is 1. The zero-order valence-corrected chi connectivity index (χ0v) is 7.99. The van der Waals surface area contributed by atoms with Gasteiger partial charge in [-0.25, -0.2) is 5.01 Å². The molecule has 2 aliphatic rings. The lowest BCUT2D eigenvalue weighted by molar-refractivity contribution is -0.138. The molecule has 14 heavy (non-hydrogen) atoms. The van der Waals surface area contributed by atoms with E-state index in [1.807, 2.05) is 6.92 Å². The van der Waals surface area contributed by atoms with Crippen LogP contribution >= 0.6 is 0 Å². The van der Waals surface area contributed by atoms with Crippen LogP contribution in [0.4, 0.5) is 0 Å². The summed E-state index contributed by atoms with van der Waals surface area (Å²) in [7, 11) is 0. The maximum absolute atomic E-state index is 11.7. The third-order valence-electron chi connectivity index (χ3n) is 2.89. The molecule has 5 nitrogen and oxygen atoms in total. The van der Waals surface area contributed by atoms with Gasteiger partial charge >= 0.3 is 5.97 Å². The number of hydrazone groups is 1. The van der Waals surface area contributed by atoms with Crippen LogP contribution in [0.15, 0.2) is 5.10 Å². The Morgan fingerprint density at radius 3 is 2.71 bits per heavy atom. The molecule has 0 bridgehead atoms. The van der Waals surface area contributed by atoms with E-state index >= 15 is 0 Å². The van der Waals surface area contributed by atoms with Crippen molar-refractivity contribution in [3.63, 3.8) is 0 Å². The molecule has 1 N–H and O–H groups in total. The van der Waals surface area contributed by atoms with E-state index in [0.717, 1.165) is 18.6 Å². The average molecular weight is 196 g/mol. The van der Waals surface area contributed by atoms with Crippen molar-refractivity contribution in [1.29, 1.82) is 0 Å². The highest BCUT2D eigenvalue weighted by molar-refractivity contribution is 6.13. The Balaban J connectivity index is 2.02. The van der Waals surface area contributed by atoms with Gasteiger partial charge < -0.3 is 5.11 Å². The summed E-state index contributed by atoms with van der Waals surface area (Å²) in [6.07, 6.45) is 1.69. The normalized spacial score (nSPS) is 22.8. The molecule has 0 unspecified atom stereocenters. The maximum Gasteiger partial charge on any atom is 0.305 e. The van der Waals surface area contributed by atoms with Crippen LogP contribution in [0.1, 0.15) is 26.2 Å². The number of rotatable bonds is 3. The highest BCUT2D eigenvalue weighted by atomic mass is 16.4. The van der Waals surface area contributed by atoms with Gasteiger partial charge in [0.1, 0.15) is 0 Å². The largest absolute Gasteiger partial charge is 0.481 e. The number of carboxylic acids is 1. The second-order valence-corrected chi connectivity index (χ2v) is 3.84. The van der Waals surface area contributed by atoms with Gasteiger partial charge in [-0.1, -0.05) is 0 Å². The first kappa shape index (κ1) is 9.18. The number of carbonyl (C=O) groups is 2. The number of aliphatic carboxylic acids is 1. The van der Waals surface area contributed by atoms with Crippen molar-refractivity contribution >= 4 is 17.6 Å². The Morgan fingerprint density at radius 1 is 1.64 bits per heavy atom. The molecule has 0 saturated heterocycles. The smallest absolute Gasteiger partial charge is 0.305 e. The summed E-state index contributed by atoms with van der Waals surface area (Å²) >= 11 is 0. The first-order valence-electron chi connectivity index (χ1n) is 4.66. The molecule has 1 spiro atoms. The minimum atomic E-state index is -0.901. The van der Waals surface area contributed by atoms with E-state index < -0.39 is 5.97 Å². The van der Waals surface area contributed by atoms with E-state index in [2.05, 4.69) is 5.10 Å². The van der Waals surface area contributed by atoms with Crippen LogP contribution in [-0.4, -0.2) is 34.2 Å².